The summed E-state index contributed by atoms with van der Waals surface area (Å²) in [6.07, 6.45) is -3.12. The minimum absolute atomic E-state index is 0.245. The summed E-state index contributed by atoms with van der Waals surface area (Å²) >= 11 is 0.985. The predicted octanol–water partition coefficient (Wildman–Crippen LogP) is 3.62. The molecule has 0 spiro atoms. The van der Waals surface area contributed by atoms with Crippen molar-refractivity contribution < 1.29 is 22.7 Å². The number of alkyl halides is 3. The van der Waals surface area contributed by atoms with Gasteiger partial charge in [0.15, 0.2) is 0 Å². The van der Waals surface area contributed by atoms with Crippen molar-refractivity contribution in [1.82, 2.24) is 4.98 Å². The van der Waals surface area contributed by atoms with Gasteiger partial charge < -0.3 is 4.74 Å². The van der Waals surface area contributed by atoms with Crippen LogP contribution in [-0.2, 0) is 10.9 Å². The summed E-state index contributed by atoms with van der Waals surface area (Å²) in [6, 6.07) is 4.80. The number of hydrogen-bond acceptors (Lipinski definition) is 4. The third-order valence-corrected chi connectivity index (χ3v) is 3.36. The summed E-state index contributed by atoms with van der Waals surface area (Å²) in [5.41, 5.74) is -0.435. The van der Waals surface area contributed by atoms with E-state index in [1.807, 2.05) is 0 Å². The van der Waals surface area contributed by atoms with Gasteiger partial charge in [-0.2, -0.15) is 13.2 Å². The van der Waals surface area contributed by atoms with Crippen LogP contribution in [0.15, 0.2) is 30.5 Å². The number of rotatable bonds is 2. The van der Waals surface area contributed by atoms with Crippen LogP contribution in [0.25, 0.3) is 10.6 Å². The standard InChI is InChI=1S/C12H8F3NO2S/c1-18-11(17)9-6-16-10(19-9)7-3-2-4-8(5-7)12(13,14)15/h2-6H,1H3. The fourth-order valence-electron chi connectivity index (χ4n) is 1.43. The van der Waals surface area contributed by atoms with E-state index in [0.717, 1.165) is 23.5 Å². The second kappa shape index (κ2) is 5.00. The average Bonchev–Trinajstić information content (AvgIpc) is 2.86. The third-order valence-electron chi connectivity index (χ3n) is 2.33. The van der Waals surface area contributed by atoms with Crippen LogP contribution < -0.4 is 0 Å². The summed E-state index contributed by atoms with van der Waals surface area (Å²) in [4.78, 5) is 15.4. The topological polar surface area (TPSA) is 39.2 Å². The maximum absolute atomic E-state index is 12.6. The number of carbonyl (C=O) groups excluding carboxylic acids is 1. The molecule has 0 N–H and O–H groups in total. The Bertz CT molecular complexity index is 607. The largest absolute Gasteiger partial charge is 0.465 e. The maximum Gasteiger partial charge on any atom is 0.416 e. The van der Waals surface area contributed by atoms with E-state index in [4.69, 9.17) is 0 Å². The maximum atomic E-state index is 12.6. The number of esters is 1. The van der Waals surface area contributed by atoms with Gasteiger partial charge in [0.1, 0.15) is 9.88 Å². The van der Waals surface area contributed by atoms with Crippen LogP contribution in [0.1, 0.15) is 15.2 Å². The normalized spacial score (nSPS) is 11.4. The first kappa shape index (κ1) is 13.5. The van der Waals surface area contributed by atoms with Crippen LogP contribution in [-0.4, -0.2) is 18.1 Å². The van der Waals surface area contributed by atoms with Crippen molar-refractivity contribution in [2.24, 2.45) is 0 Å². The van der Waals surface area contributed by atoms with Gasteiger partial charge in [-0.25, -0.2) is 9.78 Å². The summed E-state index contributed by atoms with van der Waals surface area (Å²) in [6.45, 7) is 0. The van der Waals surface area contributed by atoms with Gasteiger partial charge >= 0.3 is 12.1 Å². The molecule has 3 nitrogen and oxygen atoms in total. The number of benzene rings is 1. The monoisotopic (exact) mass is 287 g/mol. The minimum Gasteiger partial charge on any atom is -0.465 e. The van der Waals surface area contributed by atoms with Crippen molar-refractivity contribution >= 4 is 17.3 Å². The Balaban J connectivity index is 2.37. The summed E-state index contributed by atoms with van der Waals surface area (Å²) in [5.74, 6) is -0.560. The Morgan fingerprint density at radius 2 is 2.11 bits per heavy atom. The molecular weight excluding hydrogens is 279 g/mol. The van der Waals surface area contributed by atoms with E-state index < -0.39 is 17.7 Å². The number of nitrogens with zero attached hydrogens (tertiary/aromatic N) is 1. The van der Waals surface area contributed by atoms with Crippen LogP contribution in [0, 0.1) is 0 Å². The van der Waals surface area contributed by atoms with Crippen LogP contribution in [0.3, 0.4) is 0 Å². The Kier molecular flexibility index (Phi) is 3.57. The van der Waals surface area contributed by atoms with Gasteiger partial charge in [-0.15, -0.1) is 11.3 Å². The fraction of sp³-hybridized carbons (Fsp3) is 0.167. The van der Waals surface area contributed by atoms with Gasteiger partial charge in [-0.05, 0) is 12.1 Å². The smallest absolute Gasteiger partial charge is 0.416 e. The highest BCUT2D eigenvalue weighted by Crippen LogP contribution is 2.33. The molecule has 0 unspecified atom stereocenters. The number of halogens is 3. The SMILES string of the molecule is COC(=O)c1cnc(-c2cccc(C(F)(F)F)c2)s1. The number of carbonyl (C=O) groups is 1. The highest BCUT2D eigenvalue weighted by atomic mass is 32.1. The summed E-state index contributed by atoms with van der Waals surface area (Å²) < 4.78 is 42.3. The average molecular weight is 287 g/mol. The third kappa shape index (κ3) is 2.93. The van der Waals surface area contributed by atoms with Gasteiger partial charge in [0.25, 0.3) is 0 Å². The first-order valence-corrected chi connectivity index (χ1v) is 5.95. The lowest BCUT2D eigenvalue weighted by Crippen LogP contribution is -2.04. The predicted molar refractivity (Wildman–Crippen MR) is 63.9 cm³/mol. The van der Waals surface area contributed by atoms with Crippen molar-refractivity contribution in [2.45, 2.75) is 6.18 Å². The zero-order chi connectivity index (χ0) is 14.0. The molecule has 1 aromatic heterocycles. The Labute approximate surface area is 110 Å². The lowest BCUT2D eigenvalue weighted by molar-refractivity contribution is -0.137. The lowest BCUT2D eigenvalue weighted by Gasteiger charge is -2.07. The molecule has 0 aliphatic carbocycles. The van der Waals surface area contributed by atoms with E-state index in [2.05, 4.69) is 9.72 Å². The first-order valence-electron chi connectivity index (χ1n) is 5.13. The molecule has 2 rings (SSSR count). The molecule has 7 heteroatoms. The van der Waals surface area contributed by atoms with Gasteiger partial charge in [0, 0.05) is 5.56 Å². The zero-order valence-corrected chi connectivity index (χ0v) is 10.5. The van der Waals surface area contributed by atoms with Crippen molar-refractivity contribution in [3.8, 4) is 10.6 Å². The van der Waals surface area contributed by atoms with Crippen molar-refractivity contribution in [2.75, 3.05) is 7.11 Å². The number of hydrogen-bond donors (Lipinski definition) is 0. The minimum atomic E-state index is -4.40. The van der Waals surface area contributed by atoms with Crippen molar-refractivity contribution in [1.29, 1.82) is 0 Å². The van der Waals surface area contributed by atoms with Crippen molar-refractivity contribution in [3.63, 3.8) is 0 Å². The molecular formula is C12H8F3NO2S. The van der Waals surface area contributed by atoms with E-state index in [1.54, 1.807) is 0 Å². The first-order chi connectivity index (χ1) is 8.91. The number of ether oxygens (including phenoxy) is 1. The summed E-state index contributed by atoms with van der Waals surface area (Å²) in [7, 11) is 1.23. The number of thiazole rings is 1. The fourth-order valence-corrected chi connectivity index (χ4v) is 2.26. The molecule has 0 fully saturated rings. The molecule has 1 heterocycles. The Hall–Kier alpha value is -1.89. The van der Waals surface area contributed by atoms with Crippen LogP contribution in [0.5, 0.6) is 0 Å². The van der Waals surface area contributed by atoms with Gasteiger partial charge in [0.2, 0.25) is 0 Å². The second-order valence-corrected chi connectivity index (χ2v) is 4.63. The molecule has 2 aromatic rings. The van der Waals surface area contributed by atoms with E-state index in [9.17, 15) is 18.0 Å². The van der Waals surface area contributed by atoms with E-state index in [1.165, 1.54) is 25.4 Å². The molecule has 1 aromatic carbocycles. The Morgan fingerprint density at radius 3 is 2.74 bits per heavy atom. The number of aromatic nitrogens is 1. The highest BCUT2D eigenvalue weighted by molar-refractivity contribution is 7.16. The lowest BCUT2D eigenvalue weighted by atomic mass is 10.1. The Morgan fingerprint density at radius 1 is 1.37 bits per heavy atom. The van der Waals surface area contributed by atoms with E-state index in [-0.39, 0.29) is 4.88 Å². The highest BCUT2D eigenvalue weighted by Gasteiger charge is 2.30. The van der Waals surface area contributed by atoms with Gasteiger partial charge in [-0.1, -0.05) is 12.1 Å². The molecule has 100 valence electrons. The van der Waals surface area contributed by atoms with Gasteiger partial charge in [-0.3, -0.25) is 0 Å². The number of methoxy groups -OCH3 is 1. The van der Waals surface area contributed by atoms with E-state index in [0.29, 0.717) is 10.6 Å². The van der Waals surface area contributed by atoms with Crippen LogP contribution in [0.4, 0.5) is 13.2 Å². The molecule has 0 aliphatic heterocycles. The molecule has 0 amide bonds. The van der Waals surface area contributed by atoms with Crippen LogP contribution in [0.2, 0.25) is 0 Å². The van der Waals surface area contributed by atoms with E-state index >= 15 is 0 Å². The second-order valence-electron chi connectivity index (χ2n) is 3.60. The van der Waals surface area contributed by atoms with Gasteiger partial charge in [0.05, 0.1) is 18.9 Å². The molecule has 19 heavy (non-hydrogen) atoms. The molecule has 0 radical (unpaired) electrons. The summed E-state index contributed by atoms with van der Waals surface area (Å²) in [5, 5.41) is 0.339. The van der Waals surface area contributed by atoms with Crippen LogP contribution >= 0.6 is 11.3 Å². The zero-order valence-electron chi connectivity index (χ0n) is 9.69. The molecule has 0 aliphatic rings. The molecule has 0 bridgehead atoms. The molecule has 0 saturated heterocycles. The molecule has 0 atom stereocenters. The quantitative estimate of drug-likeness (QED) is 0.792. The van der Waals surface area contributed by atoms with Crippen molar-refractivity contribution in [3.05, 3.63) is 40.9 Å². The molecule has 0 saturated carbocycles.